The Balaban J connectivity index is 1.93. The number of aliphatic hydroxyl groups is 1. The number of aliphatic hydroxyl groups excluding tert-OH is 1. The van der Waals surface area contributed by atoms with Crippen molar-refractivity contribution in [1.82, 2.24) is 0 Å². The molecule has 0 amide bonds. The third kappa shape index (κ3) is 2.68. The Morgan fingerprint density at radius 2 is 2.13 bits per heavy atom. The van der Waals surface area contributed by atoms with E-state index in [2.05, 4.69) is 30.5 Å². The van der Waals surface area contributed by atoms with Gasteiger partial charge in [-0.2, -0.15) is 0 Å². The number of hydrogen-bond donors (Lipinski definition) is 1. The van der Waals surface area contributed by atoms with Gasteiger partial charge < -0.3 is 5.11 Å². The van der Waals surface area contributed by atoms with Gasteiger partial charge in [0.05, 0.1) is 6.10 Å². The van der Waals surface area contributed by atoms with Crippen molar-refractivity contribution < 1.29 is 5.11 Å². The van der Waals surface area contributed by atoms with Gasteiger partial charge in [-0.1, -0.05) is 6.07 Å². The fraction of sp³-hybridized carbons (Fsp3) is 0.333. The first kappa shape index (κ1) is 10.9. The molecule has 1 atom stereocenters. The molecule has 0 spiro atoms. The minimum Gasteiger partial charge on any atom is -0.388 e. The second-order valence-corrected chi connectivity index (χ2v) is 5.58. The van der Waals surface area contributed by atoms with Crippen molar-refractivity contribution in [2.24, 2.45) is 0 Å². The first-order chi connectivity index (χ1) is 7.27. The van der Waals surface area contributed by atoms with Gasteiger partial charge in [-0.25, -0.2) is 0 Å². The maximum absolute atomic E-state index is 10.0. The first-order valence-electron chi connectivity index (χ1n) is 5.02. The smallest absolute Gasteiger partial charge is 0.0888 e. The van der Waals surface area contributed by atoms with Crippen LogP contribution in [0.15, 0.2) is 29.0 Å². The molecule has 0 aliphatic carbocycles. The van der Waals surface area contributed by atoms with E-state index in [0.717, 1.165) is 17.7 Å². The lowest BCUT2D eigenvalue weighted by Crippen LogP contribution is -1.97. The van der Waals surface area contributed by atoms with Gasteiger partial charge in [0, 0.05) is 9.75 Å². The molecule has 0 saturated carbocycles. The quantitative estimate of drug-likeness (QED) is 0.859. The predicted octanol–water partition coefficient (Wildman–Crippen LogP) is 3.78. The maximum Gasteiger partial charge on any atom is 0.0888 e. The van der Waals surface area contributed by atoms with Crippen LogP contribution < -0.4 is 0 Å². The summed E-state index contributed by atoms with van der Waals surface area (Å²) in [7, 11) is 0. The zero-order valence-electron chi connectivity index (χ0n) is 8.64. The summed E-state index contributed by atoms with van der Waals surface area (Å²) in [6, 6.07) is 6.25. The van der Waals surface area contributed by atoms with Crippen LogP contribution in [0.3, 0.4) is 0 Å². The van der Waals surface area contributed by atoms with Crippen molar-refractivity contribution in [3.05, 3.63) is 44.3 Å². The second-order valence-electron chi connectivity index (χ2n) is 3.60. The van der Waals surface area contributed by atoms with Crippen LogP contribution in [0.1, 0.15) is 27.8 Å². The van der Waals surface area contributed by atoms with E-state index in [1.807, 2.05) is 5.38 Å². The normalized spacial score (nSPS) is 12.9. The van der Waals surface area contributed by atoms with E-state index < -0.39 is 0 Å². The molecule has 1 nitrogen and oxygen atoms in total. The van der Waals surface area contributed by atoms with Gasteiger partial charge in [0.1, 0.15) is 0 Å². The van der Waals surface area contributed by atoms with Gasteiger partial charge in [0.2, 0.25) is 0 Å². The summed E-state index contributed by atoms with van der Waals surface area (Å²) in [6.07, 6.45) is 1.49. The van der Waals surface area contributed by atoms with Crippen molar-refractivity contribution in [2.75, 3.05) is 0 Å². The molecular formula is C12H14OS2. The van der Waals surface area contributed by atoms with Crippen molar-refractivity contribution in [3.8, 4) is 0 Å². The Morgan fingerprint density at radius 1 is 1.27 bits per heavy atom. The Labute approximate surface area is 98.0 Å². The minimum absolute atomic E-state index is 0.299. The van der Waals surface area contributed by atoms with Gasteiger partial charge in [0.15, 0.2) is 0 Å². The highest BCUT2D eigenvalue weighted by atomic mass is 32.1. The van der Waals surface area contributed by atoms with Crippen LogP contribution in [0, 0.1) is 6.92 Å². The lowest BCUT2D eigenvalue weighted by atomic mass is 10.1. The average molecular weight is 238 g/mol. The molecule has 2 aromatic rings. The Bertz CT molecular complexity index is 403. The fourth-order valence-corrected chi connectivity index (χ4v) is 3.26. The lowest BCUT2D eigenvalue weighted by Gasteiger charge is -2.08. The third-order valence-electron chi connectivity index (χ3n) is 2.45. The molecule has 1 N–H and O–H groups in total. The minimum atomic E-state index is -0.299. The molecule has 0 aliphatic heterocycles. The lowest BCUT2D eigenvalue weighted by molar-refractivity contribution is 0.171. The molecule has 2 aromatic heterocycles. The van der Waals surface area contributed by atoms with E-state index in [-0.39, 0.29) is 6.10 Å². The van der Waals surface area contributed by atoms with E-state index in [1.165, 1.54) is 10.4 Å². The highest BCUT2D eigenvalue weighted by Gasteiger charge is 2.11. The average Bonchev–Trinajstić information content (AvgIpc) is 2.84. The summed E-state index contributed by atoms with van der Waals surface area (Å²) < 4.78 is 0. The van der Waals surface area contributed by atoms with E-state index in [9.17, 15) is 5.11 Å². The molecule has 0 radical (unpaired) electrons. The summed E-state index contributed by atoms with van der Waals surface area (Å²) in [5.41, 5.74) is 1.21. The van der Waals surface area contributed by atoms with Gasteiger partial charge >= 0.3 is 0 Å². The molecule has 2 rings (SSSR count). The number of aryl methyl sites for hydroxylation is 2. The maximum atomic E-state index is 10.0. The van der Waals surface area contributed by atoms with Crippen LogP contribution in [-0.4, -0.2) is 5.11 Å². The molecule has 0 aromatic carbocycles. The van der Waals surface area contributed by atoms with Crippen molar-refractivity contribution in [3.63, 3.8) is 0 Å². The summed E-state index contributed by atoms with van der Waals surface area (Å²) in [4.78, 5) is 2.47. The van der Waals surface area contributed by atoms with E-state index in [1.54, 1.807) is 22.7 Å². The SMILES string of the molecule is Cc1ccsc1C(O)CCc1cccs1. The van der Waals surface area contributed by atoms with Crippen LogP contribution in [0.5, 0.6) is 0 Å². The van der Waals surface area contributed by atoms with Crippen molar-refractivity contribution in [2.45, 2.75) is 25.9 Å². The van der Waals surface area contributed by atoms with Crippen molar-refractivity contribution in [1.29, 1.82) is 0 Å². The molecule has 0 fully saturated rings. The molecule has 80 valence electrons. The monoisotopic (exact) mass is 238 g/mol. The van der Waals surface area contributed by atoms with Crippen LogP contribution in [0.25, 0.3) is 0 Å². The highest BCUT2D eigenvalue weighted by molar-refractivity contribution is 7.10. The van der Waals surface area contributed by atoms with E-state index in [0.29, 0.717) is 0 Å². The molecule has 15 heavy (non-hydrogen) atoms. The van der Waals surface area contributed by atoms with Gasteiger partial charge in [-0.3, -0.25) is 0 Å². The Morgan fingerprint density at radius 3 is 2.73 bits per heavy atom. The zero-order valence-corrected chi connectivity index (χ0v) is 10.3. The molecular weight excluding hydrogens is 224 g/mol. The standard InChI is InChI=1S/C12H14OS2/c1-9-6-8-15-12(9)11(13)5-4-10-3-2-7-14-10/h2-3,6-8,11,13H,4-5H2,1H3. The highest BCUT2D eigenvalue weighted by Crippen LogP contribution is 2.27. The van der Waals surface area contributed by atoms with Crippen LogP contribution in [0.4, 0.5) is 0 Å². The number of hydrogen-bond acceptors (Lipinski definition) is 3. The van der Waals surface area contributed by atoms with Gasteiger partial charge in [-0.15, -0.1) is 22.7 Å². The van der Waals surface area contributed by atoms with Gasteiger partial charge in [-0.05, 0) is 48.2 Å². The molecule has 0 saturated heterocycles. The summed E-state index contributed by atoms with van der Waals surface area (Å²) >= 11 is 3.41. The number of rotatable bonds is 4. The number of thiophene rings is 2. The molecule has 1 unspecified atom stereocenters. The van der Waals surface area contributed by atoms with E-state index in [4.69, 9.17) is 0 Å². The topological polar surface area (TPSA) is 20.2 Å². The van der Waals surface area contributed by atoms with E-state index >= 15 is 0 Å². The fourth-order valence-electron chi connectivity index (χ4n) is 1.59. The largest absolute Gasteiger partial charge is 0.388 e. The molecule has 2 heterocycles. The summed E-state index contributed by atoms with van der Waals surface area (Å²) in [5.74, 6) is 0. The van der Waals surface area contributed by atoms with Crippen molar-refractivity contribution >= 4 is 22.7 Å². The Hall–Kier alpha value is -0.640. The molecule has 0 aliphatic rings. The first-order valence-corrected chi connectivity index (χ1v) is 6.77. The zero-order chi connectivity index (χ0) is 10.7. The third-order valence-corrected chi connectivity index (χ3v) is 4.50. The molecule has 0 bridgehead atoms. The van der Waals surface area contributed by atoms with Crippen LogP contribution in [0.2, 0.25) is 0 Å². The van der Waals surface area contributed by atoms with Gasteiger partial charge in [0.25, 0.3) is 0 Å². The van der Waals surface area contributed by atoms with Crippen LogP contribution >= 0.6 is 22.7 Å². The Kier molecular flexibility index (Phi) is 3.57. The predicted molar refractivity (Wildman–Crippen MR) is 66.7 cm³/mol. The summed E-state index contributed by atoms with van der Waals surface area (Å²) in [5, 5.41) is 14.1. The molecule has 3 heteroatoms. The summed E-state index contributed by atoms with van der Waals surface area (Å²) in [6.45, 7) is 2.06. The van der Waals surface area contributed by atoms with Crippen LogP contribution in [-0.2, 0) is 6.42 Å². The second kappa shape index (κ2) is 4.92.